The Morgan fingerprint density at radius 1 is 1.33 bits per heavy atom. The Morgan fingerprint density at radius 3 is 2.67 bits per heavy atom. The van der Waals surface area contributed by atoms with Gasteiger partial charge in [-0.05, 0) is 52.5 Å². The smallest absolute Gasteiger partial charge is 0.269 e. The fraction of sp³-hybridized carbons (Fsp3) is 0.611. The number of hydrogen-bond acceptors (Lipinski definition) is 6. The van der Waals surface area contributed by atoms with E-state index < -0.39 is 9.84 Å². The molecule has 1 atom stereocenters. The van der Waals surface area contributed by atoms with Crippen LogP contribution in [0.2, 0.25) is 0 Å². The van der Waals surface area contributed by atoms with E-state index in [1.807, 2.05) is 25.9 Å². The third kappa shape index (κ3) is 6.00. The molecule has 0 aromatic carbocycles. The van der Waals surface area contributed by atoms with Crippen LogP contribution in [0.15, 0.2) is 18.3 Å². The molecule has 1 aromatic heterocycles. The van der Waals surface area contributed by atoms with Gasteiger partial charge in [0.1, 0.15) is 5.69 Å². The Balaban J connectivity index is 2.04. The lowest BCUT2D eigenvalue weighted by molar-refractivity contribution is 0.0708. The van der Waals surface area contributed by atoms with Gasteiger partial charge in [-0.25, -0.2) is 8.42 Å². The average Bonchev–Trinajstić information content (AvgIpc) is 2.98. The Kier molecular flexibility index (Phi) is 7.32. The maximum absolute atomic E-state index is 12.9. The zero-order valence-electron chi connectivity index (χ0n) is 16.1. The molecule has 1 fully saturated rings. The third-order valence-corrected chi connectivity index (χ3v) is 6.31. The summed E-state index contributed by atoms with van der Waals surface area (Å²) in [6.45, 7) is 3.62. The van der Waals surface area contributed by atoms with Crippen LogP contribution in [-0.2, 0) is 9.84 Å². The molecule has 2 heterocycles. The number of nitrogens with one attached hydrogen (secondary N) is 1. The molecular weight excluding hydrogens is 368 g/mol. The van der Waals surface area contributed by atoms with Gasteiger partial charge in [0, 0.05) is 30.9 Å². The zero-order chi connectivity index (χ0) is 20.0. The molecule has 0 radical (unpaired) electrons. The molecule has 0 aliphatic carbocycles. The monoisotopic (exact) mass is 396 g/mol. The number of sulfone groups is 1. The second-order valence-corrected chi connectivity index (χ2v) is 9.22. The minimum absolute atomic E-state index is 0.00309. The summed E-state index contributed by atoms with van der Waals surface area (Å²) in [6, 6.07) is 2.71. The molecule has 1 aliphatic rings. The van der Waals surface area contributed by atoms with E-state index >= 15 is 0 Å². The van der Waals surface area contributed by atoms with Crippen LogP contribution in [0.1, 0.15) is 40.6 Å². The predicted molar refractivity (Wildman–Crippen MR) is 104 cm³/mol. The van der Waals surface area contributed by atoms with E-state index in [-0.39, 0.29) is 35.1 Å². The van der Waals surface area contributed by atoms with Gasteiger partial charge in [-0.3, -0.25) is 14.6 Å². The SMILES string of the molecule is CCN(C(=O)c1ccnc(C(=O)NCCCN(C)C)c1)C1CCS(=O)(=O)C1. The second kappa shape index (κ2) is 9.27. The minimum Gasteiger partial charge on any atom is -0.351 e. The van der Waals surface area contributed by atoms with Crippen LogP contribution >= 0.6 is 0 Å². The summed E-state index contributed by atoms with van der Waals surface area (Å²) in [4.78, 5) is 32.8. The molecule has 1 aromatic rings. The van der Waals surface area contributed by atoms with Gasteiger partial charge in [0.15, 0.2) is 9.84 Å². The summed E-state index contributed by atoms with van der Waals surface area (Å²) in [5, 5.41) is 2.80. The highest BCUT2D eigenvalue weighted by atomic mass is 32.2. The number of amides is 2. The topological polar surface area (TPSA) is 99.7 Å². The quantitative estimate of drug-likeness (QED) is 0.639. The molecular formula is C18H28N4O4S. The Hall–Kier alpha value is -2.00. The highest BCUT2D eigenvalue weighted by Gasteiger charge is 2.34. The number of rotatable bonds is 8. The van der Waals surface area contributed by atoms with Crippen molar-refractivity contribution in [3.05, 3.63) is 29.6 Å². The van der Waals surface area contributed by atoms with Gasteiger partial charge < -0.3 is 15.1 Å². The largest absolute Gasteiger partial charge is 0.351 e. The highest BCUT2D eigenvalue weighted by molar-refractivity contribution is 7.91. The summed E-state index contributed by atoms with van der Waals surface area (Å²) >= 11 is 0. The molecule has 2 rings (SSSR count). The van der Waals surface area contributed by atoms with Crippen molar-refractivity contribution in [3.8, 4) is 0 Å². The van der Waals surface area contributed by atoms with E-state index in [4.69, 9.17) is 0 Å². The van der Waals surface area contributed by atoms with Crippen molar-refractivity contribution in [2.75, 3.05) is 45.2 Å². The van der Waals surface area contributed by atoms with Crippen molar-refractivity contribution in [1.82, 2.24) is 20.1 Å². The lowest BCUT2D eigenvalue weighted by Crippen LogP contribution is -2.41. The molecule has 150 valence electrons. The van der Waals surface area contributed by atoms with Gasteiger partial charge >= 0.3 is 0 Å². The van der Waals surface area contributed by atoms with Crippen LogP contribution in [0.25, 0.3) is 0 Å². The van der Waals surface area contributed by atoms with Crippen LogP contribution in [0, 0.1) is 0 Å². The summed E-state index contributed by atoms with van der Waals surface area (Å²) in [5.41, 5.74) is 0.524. The van der Waals surface area contributed by atoms with Crippen LogP contribution in [0.4, 0.5) is 0 Å². The number of carbonyl (C=O) groups is 2. The minimum atomic E-state index is -3.08. The molecule has 1 saturated heterocycles. The Bertz CT molecular complexity index is 779. The van der Waals surface area contributed by atoms with E-state index in [1.54, 1.807) is 11.0 Å². The summed E-state index contributed by atoms with van der Waals surface area (Å²) in [5.74, 6) is -0.492. The van der Waals surface area contributed by atoms with Crippen molar-refractivity contribution in [2.24, 2.45) is 0 Å². The zero-order valence-corrected chi connectivity index (χ0v) is 17.0. The van der Waals surface area contributed by atoms with Gasteiger partial charge in [-0.2, -0.15) is 0 Å². The highest BCUT2D eigenvalue weighted by Crippen LogP contribution is 2.20. The van der Waals surface area contributed by atoms with Crippen molar-refractivity contribution in [1.29, 1.82) is 0 Å². The molecule has 0 bridgehead atoms. The van der Waals surface area contributed by atoms with E-state index in [9.17, 15) is 18.0 Å². The summed E-state index contributed by atoms with van der Waals surface area (Å²) in [6.07, 6.45) is 2.70. The standard InChI is InChI=1S/C18H28N4O4S/c1-4-22(15-7-11-27(25,26)13-15)18(24)14-6-9-19-16(12-14)17(23)20-8-5-10-21(2)3/h6,9,12,15H,4-5,7-8,10-11,13H2,1-3H3,(H,20,23). The maximum atomic E-state index is 12.9. The molecule has 8 nitrogen and oxygen atoms in total. The Morgan fingerprint density at radius 2 is 2.07 bits per heavy atom. The summed E-state index contributed by atoms with van der Waals surface area (Å²) < 4.78 is 23.5. The Labute approximate surface area is 160 Å². The van der Waals surface area contributed by atoms with Crippen molar-refractivity contribution in [3.63, 3.8) is 0 Å². The van der Waals surface area contributed by atoms with Crippen molar-refractivity contribution in [2.45, 2.75) is 25.8 Å². The first-order chi connectivity index (χ1) is 12.7. The first kappa shape index (κ1) is 21.3. The molecule has 1 N–H and O–H groups in total. The van der Waals surface area contributed by atoms with E-state index in [2.05, 4.69) is 10.3 Å². The van der Waals surface area contributed by atoms with E-state index in [0.29, 0.717) is 25.1 Å². The fourth-order valence-electron chi connectivity index (χ4n) is 3.13. The molecule has 0 spiro atoms. The van der Waals surface area contributed by atoms with Gasteiger partial charge in [-0.1, -0.05) is 0 Å². The molecule has 1 unspecified atom stereocenters. The number of nitrogens with zero attached hydrogens (tertiary/aromatic N) is 3. The van der Waals surface area contributed by atoms with Crippen LogP contribution in [-0.4, -0.2) is 86.3 Å². The van der Waals surface area contributed by atoms with Crippen LogP contribution < -0.4 is 5.32 Å². The van der Waals surface area contributed by atoms with Crippen LogP contribution in [0.5, 0.6) is 0 Å². The third-order valence-electron chi connectivity index (χ3n) is 4.56. The number of aromatic nitrogens is 1. The fourth-order valence-corrected chi connectivity index (χ4v) is 4.86. The van der Waals surface area contributed by atoms with E-state index in [1.165, 1.54) is 12.3 Å². The van der Waals surface area contributed by atoms with Crippen molar-refractivity contribution >= 4 is 21.7 Å². The lowest BCUT2D eigenvalue weighted by atomic mass is 10.1. The normalized spacial score (nSPS) is 18.4. The molecule has 0 saturated carbocycles. The predicted octanol–water partition coefficient (Wildman–Crippen LogP) is 0.412. The van der Waals surface area contributed by atoms with E-state index in [0.717, 1.165) is 13.0 Å². The lowest BCUT2D eigenvalue weighted by Gasteiger charge is -2.27. The van der Waals surface area contributed by atoms with Gasteiger partial charge in [0.05, 0.1) is 11.5 Å². The second-order valence-electron chi connectivity index (χ2n) is 6.99. The van der Waals surface area contributed by atoms with Gasteiger partial charge in [0.2, 0.25) is 0 Å². The molecule has 27 heavy (non-hydrogen) atoms. The maximum Gasteiger partial charge on any atom is 0.269 e. The van der Waals surface area contributed by atoms with Gasteiger partial charge in [0.25, 0.3) is 11.8 Å². The number of hydrogen-bond donors (Lipinski definition) is 1. The number of pyridine rings is 1. The first-order valence-electron chi connectivity index (χ1n) is 9.14. The first-order valence-corrected chi connectivity index (χ1v) is 11.0. The van der Waals surface area contributed by atoms with Gasteiger partial charge in [-0.15, -0.1) is 0 Å². The molecule has 2 amide bonds. The van der Waals surface area contributed by atoms with Crippen molar-refractivity contribution < 1.29 is 18.0 Å². The summed E-state index contributed by atoms with van der Waals surface area (Å²) in [7, 11) is 0.851. The van der Waals surface area contributed by atoms with Crippen LogP contribution in [0.3, 0.4) is 0 Å². The molecule has 1 aliphatic heterocycles. The average molecular weight is 397 g/mol. The number of carbonyl (C=O) groups excluding carboxylic acids is 2. The molecule has 9 heteroatoms.